The molecule has 102 valence electrons. The predicted molar refractivity (Wildman–Crippen MR) is 84.1 cm³/mol. The van der Waals surface area contributed by atoms with Crippen LogP contribution in [0.3, 0.4) is 0 Å². The van der Waals surface area contributed by atoms with Gasteiger partial charge in [-0.3, -0.25) is 5.10 Å². The molecule has 5 heteroatoms. The van der Waals surface area contributed by atoms with Gasteiger partial charge in [0.05, 0.1) is 16.7 Å². The lowest BCUT2D eigenvalue weighted by atomic mass is 10.1. The normalized spacial score (nSPS) is 11.1. The molecule has 2 N–H and O–H groups in total. The fourth-order valence-electron chi connectivity index (χ4n) is 2.29. The second kappa shape index (κ2) is 4.75. The number of hydrogen-bond acceptors (Lipinski definition) is 2. The molecule has 0 radical (unpaired) electrons. The Morgan fingerprint density at radius 1 is 0.952 bits per heavy atom. The predicted octanol–water partition coefficient (Wildman–Crippen LogP) is 4.27. The van der Waals surface area contributed by atoms with E-state index in [-0.39, 0.29) is 0 Å². The second-order valence-electron chi connectivity index (χ2n) is 4.78. The Hall–Kier alpha value is -2.59. The van der Waals surface area contributed by atoms with Gasteiger partial charge in [-0.1, -0.05) is 35.9 Å². The molecule has 2 aromatic carbocycles. The second-order valence-corrected chi connectivity index (χ2v) is 5.21. The van der Waals surface area contributed by atoms with Crippen LogP contribution in [0.15, 0.2) is 54.6 Å². The van der Waals surface area contributed by atoms with Crippen LogP contribution in [0.2, 0.25) is 5.02 Å². The Morgan fingerprint density at radius 2 is 1.76 bits per heavy atom. The average molecular weight is 295 g/mol. The molecule has 0 amide bonds. The van der Waals surface area contributed by atoms with Crippen molar-refractivity contribution in [2.75, 3.05) is 0 Å². The van der Waals surface area contributed by atoms with Gasteiger partial charge < -0.3 is 4.98 Å². The molecule has 0 aliphatic carbocycles. The SMILES string of the molecule is Clc1ccc(-c2cc(-c3nc4ccccc4[nH]3)[nH]n2)cc1. The zero-order chi connectivity index (χ0) is 14.2. The van der Waals surface area contributed by atoms with Gasteiger partial charge in [0.25, 0.3) is 0 Å². The molecular formula is C16H11ClN4. The smallest absolute Gasteiger partial charge is 0.156 e. The van der Waals surface area contributed by atoms with Crippen molar-refractivity contribution < 1.29 is 0 Å². The first kappa shape index (κ1) is 12.2. The van der Waals surface area contributed by atoms with Gasteiger partial charge in [0, 0.05) is 10.6 Å². The average Bonchev–Trinajstić information content (AvgIpc) is 3.14. The number of nitrogens with zero attached hydrogens (tertiary/aromatic N) is 2. The number of aromatic nitrogens is 4. The summed E-state index contributed by atoms with van der Waals surface area (Å²) in [7, 11) is 0. The van der Waals surface area contributed by atoms with Crippen LogP contribution in [0.25, 0.3) is 33.8 Å². The summed E-state index contributed by atoms with van der Waals surface area (Å²) in [5, 5.41) is 8.07. The fraction of sp³-hybridized carbons (Fsp3) is 0. The highest BCUT2D eigenvalue weighted by Crippen LogP contribution is 2.24. The van der Waals surface area contributed by atoms with E-state index in [9.17, 15) is 0 Å². The molecule has 0 fully saturated rings. The summed E-state index contributed by atoms with van der Waals surface area (Å²) in [5.74, 6) is 0.781. The standard InChI is InChI=1S/C16H11ClN4/c17-11-7-5-10(6-8-11)14-9-15(21-20-14)16-18-12-3-1-2-4-13(12)19-16/h1-9H,(H,18,19)(H,20,21). The van der Waals surface area contributed by atoms with E-state index in [4.69, 9.17) is 11.6 Å². The van der Waals surface area contributed by atoms with Crippen molar-refractivity contribution in [1.29, 1.82) is 0 Å². The zero-order valence-corrected chi connectivity index (χ0v) is 11.7. The van der Waals surface area contributed by atoms with Crippen LogP contribution in [0, 0.1) is 0 Å². The summed E-state index contributed by atoms with van der Waals surface area (Å²) in [5.41, 5.74) is 4.68. The first-order valence-corrected chi connectivity index (χ1v) is 6.94. The molecule has 0 spiro atoms. The third-order valence-corrected chi connectivity index (χ3v) is 3.61. The highest BCUT2D eigenvalue weighted by atomic mass is 35.5. The summed E-state index contributed by atoms with van der Waals surface area (Å²) in [4.78, 5) is 7.84. The van der Waals surface area contributed by atoms with Crippen LogP contribution >= 0.6 is 11.6 Å². The van der Waals surface area contributed by atoms with Gasteiger partial charge in [-0.05, 0) is 30.3 Å². The van der Waals surface area contributed by atoms with Crippen LogP contribution in [0.4, 0.5) is 0 Å². The zero-order valence-electron chi connectivity index (χ0n) is 11.0. The molecule has 0 saturated heterocycles. The Kier molecular flexibility index (Phi) is 2.75. The highest BCUT2D eigenvalue weighted by molar-refractivity contribution is 6.30. The van der Waals surface area contributed by atoms with Gasteiger partial charge in [0.1, 0.15) is 5.69 Å². The lowest BCUT2D eigenvalue weighted by Gasteiger charge is -1.94. The van der Waals surface area contributed by atoms with E-state index in [1.54, 1.807) is 0 Å². The third kappa shape index (κ3) is 2.19. The van der Waals surface area contributed by atoms with Gasteiger partial charge in [0.15, 0.2) is 5.82 Å². The molecule has 2 aromatic heterocycles. The van der Waals surface area contributed by atoms with Crippen molar-refractivity contribution in [3.63, 3.8) is 0 Å². The van der Waals surface area contributed by atoms with E-state index in [1.165, 1.54) is 0 Å². The molecule has 0 aliphatic heterocycles. The van der Waals surface area contributed by atoms with Crippen LogP contribution < -0.4 is 0 Å². The lowest BCUT2D eigenvalue weighted by Crippen LogP contribution is -1.79. The minimum atomic E-state index is 0.715. The fourth-order valence-corrected chi connectivity index (χ4v) is 2.42. The van der Waals surface area contributed by atoms with Crippen LogP contribution in [0.5, 0.6) is 0 Å². The number of fused-ring (bicyclic) bond motifs is 1. The largest absolute Gasteiger partial charge is 0.337 e. The summed E-state index contributed by atoms with van der Waals surface area (Å²) >= 11 is 5.90. The minimum Gasteiger partial charge on any atom is -0.337 e. The molecule has 0 atom stereocenters. The maximum atomic E-state index is 5.90. The Balaban J connectivity index is 1.75. The van der Waals surface area contributed by atoms with Crippen molar-refractivity contribution in [2.45, 2.75) is 0 Å². The maximum absolute atomic E-state index is 5.90. The van der Waals surface area contributed by atoms with Gasteiger partial charge in [-0.25, -0.2) is 4.98 Å². The van der Waals surface area contributed by atoms with E-state index in [0.29, 0.717) is 5.02 Å². The number of halogens is 1. The van der Waals surface area contributed by atoms with E-state index in [0.717, 1.165) is 33.8 Å². The van der Waals surface area contributed by atoms with E-state index >= 15 is 0 Å². The van der Waals surface area contributed by atoms with Crippen molar-refractivity contribution in [3.8, 4) is 22.8 Å². The summed E-state index contributed by atoms with van der Waals surface area (Å²) in [6.45, 7) is 0. The number of nitrogens with one attached hydrogen (secondary N) is 2. The number of rotatable bonds is 2. The number of hydrogen-bond donors (Lipinski definition) is 2. The molecule has 0 aliphatic rings. The van der Waals surface area contributed by atoms with Gasteiger partial charge in [0.2, 0.25) is 0 Å². The van der Waals surface area contributed by atoms with Crippen molar-refractivity contribution in [2.24, 2.45) is 0 Å². The van der Waals surface area contributed by atoms with Crippen molar-refractivity contribution in [3.05, 3.63) is 59.6 Å². The number of benzene rings is 2. The van der Waals surface area contributed by atoms with E-state index in [2.05, 4.69) is 20.2 Å². The third-order valence-electron chi connectivity index (χ3n) is 3.36. The Morgan fingerprint density at radius 3 is 2.57 bits per heavy atom. The molecule has 0 unspecified atom stereocenters. The minimum absolute atomic E-state index is 0.715. The summed E-state index contributed by atoms with van der Waals surface area (Å²) in [6.07, 6.45) is 0. The first-order chi connectivity index (χ1) is 10.3. The van der Waals surface area contributed by atoms with E-state index < -0.39 is 0 Å². The molecule has 0 saturated carbocycles. The number of H-pyrrole nitrogens is 2. The number of aromatic amines is 2. The van der Waals surface area contributed by atoms with Crippen molar-refractivity contribution >= 4 is 22.6 Å². The van der Waals surface area contributed by atoms with Crippen LogP contribution in [-0.4, -0.2) is 20.2 Å². The molecule has 4 aromatic rings. The van der Waals surface area contributed by atoms with Crippen LogP contribution in [0.1, 0.15) is 0 Å². The molecule has 4 nitrogen and oxygen atoms in total. The number of imidazole rings is 1. The highest BCUT2D eigenvalue weighted by Gasteiger charge is 2.09. The van der Waals surface area contributed by atoms with Gasteiger partial charge in [-0.15, -0.1) is 0 Å². The Labute approximate surface area is 125 Å². The molecule has 0 bridgehead atoms. The van der Waals surface area contributed by atoms with Gasteiger partial charge >= 0.3 is 0 Å². The van der Waals surface area contributed by atoms with Gasteiger partial charge in [-0.2, -0.15) is 5.10 Å². The topological polar surface area (TPSA) is 57.4 Å². The molecule has 4 rings (SSSR count). The first-order valence-electron chi connectivity index (χ1n) is 6.56. The maximum Gasteiger partial charge on any atom is 0.156 e. The monoisotopic (exact) mass is 294 g/mol. The molecule has 2 heterocycles. The molecule has 21 heavy (non-hydrogen) atoms. The van der Waals surface area contributed by atoms with Crippen molar-refractivity contribution in [1.82, 2.24) is 20.2 Å². The summed E-state index contributed by atoms with van der Waals surface area (Å²) in [6, 6.07) is 17.5. The summed E-state index contributed by atoms with van der Waals surface area (Å²) < 4.78 is 0. The lowest BCUT2D eigenvalue weighted by molar-refractivity contribution is 1.09. The van der Waals surface area contributed by atoms with Crippen LogP contribution in [-0.2, 0) is 0 Å². The molecular weight excluding hydrogens is 284 g/mol. The Bertz CT molecular complexity index is 872. The number of para-hydroxylation sites is 2. The quantitative estimate of drug-likeness (QED) is 0.580. The van der Waals surface area contributed by atoms with E-state index in [1.807, 2.05) is 54.6 Å².